The van der Waals surface area contributed by atoms with E-state index in [2.05, 4.69) is 54.8 Å². The molecule has 2 aliphatic heterocycles. The highest BCUT2D eigenvalue weighted by molar-refractivity contribution is 5.75. The molecule has 0 saturated heterocycles. The Morgan fingerprint density at radius 2 is 2.33 bits per heavy atom. The van der Waals surface area contributed by atoms with Gasteiger partial charge in [0.2, 0.25) is 0 Å². The summed E-state index contributed by atoms with van der Waals surface area (Å²) in [6.45, 7) is 10.6. The fraction of sp³-hybridized carbons (Fsp3) is 0.526. The fourth-order valence-corrected chi connectivity index (χ4v) is 4.87. The van der Waals surface area contributed by atoms with Crippen LogP contribution in [0.25, 0.3) is 0 Å². The van der Waals surface area contributed by atoms with Gasteiger partial charge in [-0.1, -0.05) is 37.6 Å². The molecule has 0 spiro atoms. The highest BCUT2D eigenvalue weighted by Gasteiger charge is 2.50. The minimum absolute atomic E-state index is 0.109. The Morgan fingerprint density at radius 3 is 3.14 bits per heavy atom. The first-order valence-electron chi connectivity index (χ1n) is 8.18. The molecule has 2 aliphatic carbocycles. The van der Waals surface area contributed by atoms with Crippen LogP contribution in [0, 0.1) is 11.3 Å². The quantitative estimate of drug-likeness (QED) is 0.701. The fourth-order valence-electron chi connectivity index (χ4n) is 4.87. The summed E-state index contributed by atoms with van der Waals surface area (Å²) in [5.74, 6) is 0.591. The number of rotatable bonds is 2. The van der Waals surface area contributed by atoms with E-state index in [-0.39, 0.29) is 5.41 Å². The Balaban J connectivity index is 1.97. The van der Waals surface area contributed by atoms with Crippen molar-refractivity contribution in [2.45, 2.75) is 39.2 Å². The van der Waals surface area contributed by atoms with Gasteiger partial charge in [-0.25, -0.2) is 0 Å². The van der Waals surface area contributed by atoms with Gasteiger partial charge in [0.25, 0.3) is 0 Å². The van der Waals surface area contributed by atoms with Crippen LogP contribution in [0.3, 0.4) is 0 Å². The van der Waals surface area contributed by atoms with Gasteiger partial charge >= 0.3 is 0 Å². The SMILES string of the molecule is C=CCN1C2=C3CC1C(C)C1(C)C=NC/C=C\C3=C1CC2. The van der Waals surface area contributed by atoms with Crippen LogP contribution in [0.1, 0.15) is 33.1 Å². The maximum absolute atomic E-state index is 4.68. The van der Waals surface area contributed by atoms with E-state index in [9.17, 15) is 0 Å². The predicted octanol–water partition coefficient (Wildman–Crippen LogP) is 3.89. The highest BCUT2D eigenvalue weighted by Crippen LogP contribution is 2.56. The second-order valence-electron chi connectivity index (χ2n) is 7.00. The van der Waals surface area contributed by atoms with Crippen molar-refractivity contribution in [2.24, 2.45) is 16.3 Å². The van der Waals surface area contributed by atoms with Gasteiger partial charge in [0, 0.05) is 29.9 Å². The molecular formula is C19H24N2. The number of nitrogens with zero attached hydrogens (tertiary/aromatic N) is 2. The summed E-state index contributed by atoms with van der Waals surface area (Å²) in [6, 6.07) is 0.601. The number of hydrogen-bond donors (Lipinski definition) is 0. The van der Waals surface area contributed by atoms with Crippen LogP contribution < -0.4 is 0 Å². The molecule has 0 radical (unpaired) electrons. The summed E-state index contributed by atoms with van der Waals surface area (Å²) in [4.78, 5) is 7.31. The molecule has 0 aromatic rings. The Labute approximate surface area is 127 Å². The molecule has 5 bridgehead atoms. The first-order valence-corrected chi connectivity index (χ1v) is 8.18. The van der Waals surface area contributed by atoms with Crippen LogP contribution >= 0.6 is 0 Å². The summed E-state index contributed by atoms with van der Waals surface area (Å²) in [5, 5.41) is 0. The zero-order chi connectivity index (χ0) is 14.6. The zero-order valence-corrected chi connectivity index (χ0v) is 13.1. The lowest BCUT2D eigenvalue weighted by Crippen LogP contribution is -2.46. The molecule has 21 heavy (non-hydrogen) atoms. The molecule has 4 rings (SSSR count). The van der Waals surface area contributed by atoms with E-state index in [4.69, 9.17) is 0 Å². The van der Waals surface area contributed by atoms with Crippen LogP contribution in [0.5, 0.6) is 0 Å². The summed E-state index contributed by atoms with van der Waals surface area (Å²) < 4.78 is 0. The molecule has 0 N–H and O–H groups in total. The summed E-state index contributed by atoms with van der Waals surface area (Å²) in [6.07, 6.45) is 12.5. The first-order chi connectivity index (χ1) is 10.2. The molecule has 0 saturated carbocycles. The van der Waals surface area contributed by atoms with Gasteiger partial charge in [-0.05, 0) is 36.3 Å². The molecule has 0 aromatic heterocycles. The monoisotopic (exact) mass is 280 g/mol. The van der Waals surface area contributed by atoms with Crippen LogP contribution in [-0.4, -0.2) is 30.2 Å². The van der Waals surface area contributed by atoms with Crippen molar-refractivity contribution in [3.8, 4) is 0 Å². The zero-order valence-electron chi connectivity index (χ0n) is 13.1. The molecule has 4 aliphatic rings. The number of allylic oxidation sites excluding steroid dienone is 4. The average Bonchev–Trinajstić information content (AvgIpc) is 2.80. The molecule has 3 unspecified atom stereocenters. The largest absolute Gasteiger partial charge is 0.367 e. The Morgan fingerprint density at radius 1 is 1.48 bits per heavy atom. The second-order valence-corrected chi connectivity index (χ2v) is 7.00. The predicted molar refractivity (Wildman–Crippen MR) is 88.4 cm³/mol. The second kappa shape index (κ2) is 4.46. The van der Waals surface area contributed by atoms with E-state index in [1.165, 1.54) is 24.8 Å². The third kappa shape index (κ3) is 1.62. The van der Waals surface area contributed by atoms with Gasteiger partial charge in [0.15, 0.2) is 0 Å². The number of likely N-dealkylation sites (tertiary alicyclic amines) is 1. The number of fused-ring (bicyclic) bond motifs is 1. The van der Waals surface area contributed by atoms with Crippen molar-refractivity contribution in [2.75, 3.05) is 13.1 Å². The lowest BCUT2D eigenvalue weighted by molar-refractivity contribution is 0.162. The summed E-state index contributed by atoms with van der Waals surface area (Å²) in [7, 11) is 0. The van der Waals surface area contributed by atoms with Gasteiger partial charge in [0.1, 0.15) is 0 Å². The van der Waals surface area contributed by atoms with Gasteiger partial charge in [-0.2, -0.15) is 0 Å². The van der Waals surface area contributed by atoms with Crippen molar-refractivity contribution in [1.29, 1.82) is 0 Å². The van der Waals surface area contributed by atoms with Crippen molar-refractivity contribution in [3.05, 3.63) is 47.2 Å². The van der Waals surface area contributed by atoms with Gasteiger partial charge in [0.05, 0.1) is 6.54 Å². The average molecular weight is 280 g/mol. The van der Waals surface area contributed by atoms with E-state index in [0.29, 0.717) is 12.0 Å². The number of hydrogen-bond acceptors (Lipinski definition) is 2. The van der Waals surface area contributed by atoms with E-state index >= 15 is 0 Å². The molecule has 110 valence electrons. The number of aliphatic imine (C=N–C) groups is 1. The van der Waals surface area contributed by atoms with Crippen molar-refractivity contribution in [3.63, 3.8) is 0 Å². The van der Waals surface area contributed by atoms with E-state index < -0.39 is 0 Å². The van der Waals surface area contributed by atoms with Crippen LogP contribution in [-0.2, 0) is 0 Å². The van der Waals surface area contributed by atoms with Gasteiger partial charge in [-0.3, -0.25) is 4.99 Å². The van der Waals surface area contributed by atoms with Crippen LogP contribution in [0.2, 0.25) is 0 Å². The van der Waals surface area contributed by atoms with Crippen molar-refractivity contribution >= 4 is 6.21 Å². The van der Waals surface area contributed by atoms with Crippen molar-refractivity contribution in [1.82, 2.24) is 4.90 Å². The highest BCUT2D eigenvalue weighted by atomic mass is 15.2. The van der Waals surface area contributed by atoms with E-state index in [0.717, 1.165) is 13.1 Å². The minimum Gasteiger partial charge on any atom is -0.367 e. The minimum atomic E-state index is 0.109. The molecule has 2 heterocycles. The molecule has 0 fully saturated rings. The summed E-state index contributed by atoms with van der Waals surface area (Å²) >= 11 is 0. The van der Waals surface area contributed by atoms with E-state index in [1.54, 1.807) is 16.8 Å². The lowest BCUT2D eigenvalue weighted by atomic mass is 9.66. The Kier molecular flexibility index (Phi) is 2.79. The molecule has 3 atom stereocenters. The smallest absolute Gasteiger partial charge is 0.0570 e. The van der Waals surface area contributed by atoms with Crippen LogP contribution in [0.15, 0.2) is 52.2 Å². The van der Waals surface area contributed by atoms with Gasteiger partial charge in [-0.15, -0.1) is 6.58 Å². The Bertz CT molecular complexity index is 619. The maximum atomic E-state index is 4.68. The van der Waals surface area contributed by atoms with Gasteiger partial charge < -0.3 is 4.90 Å². The Hall–Kier alpha value is -1.57. The first kappa shape index (κ1) is 13.1. The molecular weight excluding hydrogens is 256 g/mol. The lowest BCUT2D eigenvalue weighted by Gasteiger charge is -2.46. The maximum Gasteiger partial charge on any atom is 0.0570 e. The van der Waals surface area contributed by atoms with Crippen molar-refractivity contribution < 1.29 is 0 Å². The third-order valence-corrected chi connectivity index (χ3v) is 6.12. The molecule has 0 amide bonds. The molecule has 2 nitrogen and oxygen atoms in total. The third-order valence-electron chi connectivity index (χ3n) is 6.12. The standard InChI is InChI=1S/C19H24N2/c1-4-10-21-17-8-7-16-14-6-5-9-20-12-19(16,3)13(2)18(21)11-15(14)17/h4-6,12-13,18H,1,7-11H2,2-3H3/b6-5-,20-12?. The topological polar surface area (TPSA) is 15.6 Å². The summed E-state index contributed by atoms with van der Waals surface area (Å²) in [5.41, 5.74) is 6.48. The normalized spacial score (nSPS) is 38.5. The molecule has 2 heteroatoms. The van der Waals surface area contributed by atoms with Crippen LogP contribution in [0.4, 0.5) is 0 Å². The molecule has 0 aromatic carbocycles. The van der Waals surface area contributed by atoms with E-state index in [1.807, 2.05) is 0 Å².